The summed E-state index contributed by atoms with van der Waals surface area (Å²) >= 11 is 0. The first-order chi connectivity index (χ1) is 14.1. The van der Waals surface area contributed by atoms with Crippen LogP contribution in [0, 0.1) is 0 Å². The fourth-order valence-electron chi connectivity index (χ4n) is 3.82. The maximum absolute atomic E-state index is 10.5. The third-order valence-corrected chi connectivity index (χ3v) is 5.47. The average Bonchev–Trinajstić information content (AvgIpc) is 2.76. The predicted molar refractivity (Wildman–Crippen MR) is 118 cm³/mol. The van der Waals surface area contributed by atoms with E-state index in [9.17, 15) is 5.11 Å². The summed E-state index contributed by atoms with van der Waals surface area (Å²) in [6.45, 7) is 8.41. The maximum atomic E-state index is 10.5. The van der Waals surface area contributed by atoms with Gasteiger partial charge in [-0.3, -0.25) is 9.89 Å². The van der Waals surface area contributed by atoms with Gasteiger partial charge in [0.15, 0.2) is 17.5 Å². The average molecular weight is 407 g/mol. The smallest absolute Gasteiger partial charge is 0.191 e. The Labute approximate surface area is 175 Å². The third-order valence-electron chi connectivity index (χ3n) is 5.47. The number of ether oxygens (including phenoxy) is 2. The molecule has 0 bridgehead atoms. The Morgan fingerprint density at radius 2 is 2.00 bits per heavy atom. The van der Waals surface area contributed by atoms with Crippen molar-refractivity contribution >= 4 is 5.96 Å². The minimum atomic E-state index is -0.711. The van der Waals surface area contributed by atoms with Gasteiger partial charge in [-0.1, -0.05) is 19.4 Å². The number of methoxy groups -OCH3 is 2. The van der Waals surface area contributed by atoms with E-state index in [1.54, 1.807) is 26.4 Å². The van der Waals surface area contributed by atoms with E-state index in [4.69, 9.17) is 9.47 Å². The molecule has 1 aromatic rings. The largest absolute Gasteiger partial charge is 0.493 e. The highest BCUT2D eigenvalue weighted by Gasteiger charge is 2.20. The van der Waals surface area contributed by atoms with Gasteiger partial charge < -0.3 is 25.2 Å². The monoisotopic (exact) mass is 406 g/mol. The summed E-state index contributed by atoms with van der Waals surface area (Å²) in [6.07, 6.45) is 4.45. The van der Waals surface area contributed by atoms with Crippen LogP contribution >= 0.6 is 0 Å². The zero-order chi connectivity index (χ0) is 21.1. The van der Waals surface area contributed by atoms with Gasteiger partial charge >= 0.3 is 0 Å². The van der Waals surface area contributed by atoms with Gasteiger partial charge in [0.2, 0.25) is 0 Å². The van der Waals surface area contributed by atoms with Crippen molar-refractivity contribution in [1.82, 2.24) is 15.5 Å². The van der Waals surface area contributed by atoms with Crippen molar-refractivity contribution in [2.24, 2.45) is 4.99 Å². The highest BCUT2D eigenvalue weighted by molar-refractivity contribution is 5.79. The van der Waals surface area contributed by atoms with E-state index in [1.165, 1.54) is 32.2 Å². The summed E-state index contributed by atoms with van der Waals surface area (Å²) in [7, 11) is 3.18. The zero-order valence-corrected chi connectivity index (χ0v) is 18.4. The molecule has 1 heterocycles. The molecular weight excluding hydrogens is 368 g/mol. The van der Waals surface area contributed by atoms with Crippen LogP contribution in [-0.2, 0) is 0 Å². The molecular formula is C22H38N4O3. The van der Waals surface area contributed by atoms with Crippen molar-refractivity contribution in [2.45, 2.75) is 51.7 Å². The normalized spacial score (nSPS) is 18.9. The first-order valence-corrected chi connectivity index (χ1v) is 10.8. The summed E-state index contributed by atoms with van der Waals surface area (Å²) in [6, 6.07) is 6.13. The van der Waals surface area contributed by atoms with Crippen LogP contribution in [-0.4, -0.2) is 69.0 Å². The van der Waals surface area contributed by atoms with Crippen LogP contribution in [0.5, 0.6) is 11.5 Å². The van der Waals surface area contributed by atoms with Crippen LogP contribution in [0.2, 0.25) is 0 Å². The van der Waals surface area contributed by atoms with Crippen molar-refractivity contribution in [3.63, 3.8) is 0 Å². The molecule has 0 radical (unpaired) electrons. The van der Waals surface area contributed by atoms with Gasteiger partial charge in [0.25, 0.3) is 0 Å². The Kier molecular flexibility index (Phi) is 10.1. The van der Waals surface area contributed by atoms with Gasteiger partial charge in [-0.05, 0) is 50.4 Å². The van der Waals surface area contributed by atoms with E-state index in [0.717, 1.165) is 31.2 Å². The third kappa shape index (κ3) is 7.08. The molecule has 1 aliphatic heterocycles. The molecule has 2 atom stereocenters. The molecule has 0 spiro atoms. The van der Waals surface area contributed by atoms with Crippen molar-refractivity contribution in [1.29, 1.82) is 0 Å². The number of hydrogen-bond acceptors (Lipinski definition) is 5. The molecule has 3 N–H and O–H groups in total. The second kappa shape index (κ2) is 12.5. The van der Waals surface area contributed by atoms with E-state index >= 15 is 0 Å². The fourth-order valence-corrected chi connectivity index (χ4v) is 3.82. The van der Waals surface area contributed by atoms with Crippen LogP contribution in [0.25, 0.3) is 0 Å². The number of benzene rings is 1. The van der Waals surface area contributed by atoms with E-state index < -0.39 is 6.10 Å². The summed E-state index contributed by atoms with van der Waals surface area (Å²) in [5, 5.41) is 17.2. The summed E-state index contributed by atoms with van der Waals surface area (Å²) < 4.78 is 10.6. The lowest BCUT2D eigenvalue weighted by Gasteiger charge is -2.35. The van der Waals surface area contributed by atoms with Crippen molar-refractivity contribution in [2.75, 3.05) is 46.9 Å². The number of nitrogens with one attached hydrogen (secondary N) is 2. The molecule has 1 fully saturated rings. The number of guanidine groups is 1. The number of aliphatic hydroxyl groups is 1. The van der Waals surface area contributed by atoms with E-state index in [0.29, 0.717) is 17.5 Å². The van der Waals surface area contributed by atoms with Crippen LogP contribution in [0.4, 0.5) is 0 Å². The predicted octanol–water partition coefficient (Wildman–Crippen LogP) is 2.56. The molecule has 29 heavy (non-hydrogen) atoms. The maximum Gasteiger partial charge on any atom is 0.191 e. The number of hydrogen-bond donors (Lipinski definition) is 3. The molecule has 164 valence electrons. The standard InChI is InChI=1S/C22H38N4O3/c1-5-18-9-7-8-13-26(18)14-12-24-22(23-6-2)25-16-19(27)17-10-11-20(28-3)21(15-17)29-4/h10-11,15,18-19,27H,5-9,12-14,16H2,1-4H3,(H2,23,24,25). The van der Waals surface area contributed by atoms with Gasteiger partial charge in [-0.25, -0.2) is 0 Å². The second-order valence-corrected chi connectivity index (χ2v) is 7.37. The van der Waals surface area contributed by atoms with Crippen molar-refractivity contribution in [3.8, 4) is 11.5 Å². The molecule has 1 aliphatic rings. The van der Waals surface area contributed by atoms with E-state index in [1.807, 2.05) is 13.0 Å². The number of aliphatic imine (C=N–C) groups is 1. The molecule has 7 heteroatoms. The molecule has 2 rings (SSSR count). The van der Waals surface area contributed by atoms with Crippen LogP contribution in [0.1, 0.15) is 51.2 Å². The number of piperidine rings is 1. The van der Waals surface area contributed by atoms with Crippen LogP contribution in [0.3, 0.4) is 0 Å². The minimum absolute atomic E-state index is 0.270. The highest BCUT2D eigenvalue weighted by atomic mass is 16.5. The first kappa shape index (κ1) is 23.3. The number of aliphatic hydroxyl groups excluding tert-OH is 1. The molecule has 0 aliphatic carbocycles. The fraction of sp³-hybridized carbons (Fsp3) is 0.682. The molecule has 2 unspecified atom stereocenters. The van der Waals surface area contributed by atoms with Crippen LogP contribution in [0.15, 0.2) is 23.2 Å². The highest BCUT2D eigenvalue weighted by Crippen LogP contribution is 2.30. The number of nitrogens with zero attached hydrogens (tertiary/aromatic N) is 2. The first-order valence-electron chi connectivity index (χ1n) is 10.8. The summed E-state index contributed by atoms with van der Waals surface area (Å²) in [5.41, 5.74) is 0.751. The molecule has 7 nitrogen and oxygen atoms in total. The van der Waals surface area contributed by atoms with Gasteiger partial charge in [0, 0.05) is 25.7 Å². The van der Waals surface area contributed by atoms with Gasteiger partial charge in [-0.2, -0.15) is 0 Å². The Balaban J connectivity index is 1.90. The van der Waals surface area contributed by atoms with Crippen molar-refractivity contribution < 1.29 is 14.6 Å². The molecule has 0 saturated carbocycles. The Bertz CT molecular complexity index is 638. The minimum Gasteiger partial charge on any atom is -0.493 e. The van der Waals surface area contributed by atoms with Gasteiger partial charge in [-0.15, -0.1) is 0 Å². The van der Waals surface area contributed by atoms with E-state index in [-0.39, 0.29) is 6.54 Å². The zero-order valence-electron chi connectivity index (χ0n) is 18.4. The quantitative estimate of drug-likeness (QED) is 0.409. The van der Waals surface area contributed by atoms with Gasteiger partial charge in [0.05, 0.1) is 26.9 Å². The van der Waals surface area contributed by atoms with Gasteiger partial charge in [0.1, 0.15) is 0 Å². The second-order valence-electron chi connectivity index (χ2n) is 7.37. The molecule has 1 saturated heterocycles. The number of likely N-dealkylation sites (tertiary alicyclic amines) is 1. The van der Waals surface area contributed by atoms with E-state index in [2.05, 4.69) is 27.4 Å². The summed E-state index contributed by atoms with van der Waals surface area (Å²) in [4.78, 5) is 7.15. The lowest BCUT2D eigenvalue weighted by Crippen LogP contribution is -2.46. The lowest BCUT2D eigenvalue weighted by atomic mass is 10.0. The lowest BCUT2D eigenvalue weighted by molar-refractivity contribution is 0.147. The Morgan fingerprint density at radius 1 is 1.21 bits per heavy atom. The Morgan fingerprint density at radius 3 is 2.69 bits per heavy atom. The Hall–Kier alpha value is -1.99. The van der Waals surface area contributed by atoms with Crippen molar-refractivity contribution in [3.05, 3.63) is 23.8 Å². The summed E-state index contributed by atoms with van der Waals surface area (Å²) in [5.74, 6) is 1.98. The topological polar surface area (TPSA) is 78.4 Å². The SMILES string of the molecule is CCNC(=NCC(O)c1ccc(OC)c(OC)c1)NCCN1CCCCC1CC. The molecule has 0 aromatic heterocycles. The molecule has 1 aromatic carbocycles. The number of rotatable bonds is 10. The molecule has 0 amide bonds. The van der Waals surface area contributed by atoms with Crippen LogP contribution < -0.4 is 20.1 Å².